The second-order valence-corrected chi connectivity index (χ2v) is 4.76. The van der Waals surface area contributed by atoms with E-state index in [1.165, 1.54) is 16.8 Å². The molecule has 7 heteroatoms. The summed E-state index contributed by atoms with van der Waals surface area (Å²) < 4.78 is 14.6. The van der Waals surface area contributed by atoms with Gasteiger partial charge in [0.25, 0.3) is 0 Å². The number of halogens is 2. The molecule has 0 aliphatic heterocycles. The Morgan fingerprint density at radius 3 is 2.63 bits per heavy atom. The molecule has 0 aliphatic rings. The van der Waals surface area contributed by atoms with Crippen molar-refractivity contribution in [2.45, 2.75) is 19.8 Å². The molecule has 1 aromatic heterocycles. The maximum Gasteiger partial charge on any atom is 0.358 e. The van der Waals surface area contributed by atoms with Gasteiger partial charge in [0.15, 0.2) is 5.69 Å². The molecular formula is C12H11ClFN3O2. The summed E-state index contributed by atoms with van der Waals surface area (Å²) in [7, 11) is 0. The van der Waals surface area contributed by atoms with Crippen molar-refractivity contribution in [3.8, 4) is 5.69 Å². The average Bonchev–Trinajstić information content (AvgIpc) is 2.71. The summed E-state index contributed by atoms with van der Waals surface area (Å²) in [6, 6.07) is 3.88. The van der Waals surface area contributed by atoms with Gasteiger partial charge in [-0.2, -0.15) is 0 Å². The van der Waals surface area contributed by atoms with E-state index in [2.05, 4.69) is 10.3 Å². The highest BCUT2D eigenvalue weighted by Crippen LogP contribution is 2.24. The minimum absolute atomic E-state index is 0.136. The third kappa shape index (κ3) is 2.58. The molecule has 2 aromatic rings. The molecule has 0 radical (unpaired) electrons. The van der Waals surface area contributed by atoms with Crippen LogP contribution in [0.2, 0.25) is 5.02 Å². The summed E-state index contributed by atoms with van der Waals surface area (Å²) >= 11 is 5.78. The van der Waals surface area contributed by atoms with Crippen LogP contribution < -0.4 is 0 Å². The number of aromatic carboxylic acids is 1. The van der Waals surface area contributed by atoms with Gasteiger partial charge in [-0.25, -0.2) is 13.9 Å². The van der Waals surface area contributed by atoms with Crippen LogP contribution in [-0.4, -0.2) is 26.1 Å². The van der Waals surface area contributed by atoms with Crippen LogP contribution in [0.4, 0.5) is 4.39 Å². The Hall–Kier alpha value is -1.95. The van der Waals surface area contributed by atoms with Gasteiger partial charge >= 0.3 is 5.97 Å². The predicted molar refractivity (Wildman–Crippen MR) is 67.4 cm³/mol. The number of benzene rings is 1. The first-order valence-corrected chi connectivity index (χ1v) is 5.93. The molecule has 2 rings (SSSR count). The van der Waals surface area contributed by atoms with Crippen molar-refractivity contribution >= 4 is 17.6 Å². The Morgan fingerprint density at radius 1 is 1.42 bits per heavy atom. The standard InChI is InChI=1S/C12H11ClFN3O2/c1-6(2)11-10(12(18)19)15-16-17(11)9-4-7(13)3-8(14)5-9/h3-6H,1-2H3,(H,18,19). The summed E-state index contributed by atoms with van der Waals surface area (Å²) in [5, 5.41) is 16.7. The summed E-state index contributed by atoms with van der Waals surface area (Å²) in [5.74, 6) is -1.83. The maximum atomic E-state index is 13.3. The maximum absolute atomic E-state index is 13.3. The van der Waals surface area contributed by atoms with Crippen molar-refractivity contribution in [2.24, 2.45) is 0 Å². The SMILES string of the molecule is CC(C)c1c(C(=O)O)nnn1-c1cc(F)cc(Cl)c1. The van der Waals surface area contributed by atoms with Gasteiger partial charge < -0.3 is 5.11 Å². The van der Waals surface area contributed by atoms with Crippen LogP contribution in [0.1, 0.15) is 35.9 Å². The second kappa shape index (κ2) is 4.97. The van der Waals surface area contributed by atoms with Gasteiger partial charge in [-0.05, 0) is 24.1 Å². The molecule has 100 valence electrons. The van der Waals surface area contributed by atoms with Crippen molar-refractivity contribution in [1.82, 2.24) is 15.0 Å². The molecule has 0 fully saturated rings. The lowest BCUT2D eigenvalue weighted by molar-refractivity contribution is 0.0688. The fourth-order valence-electron chi connectivity index (χ4n) is 1.81. The van der Waals surface area contributed by atoms with Crippen molar-refractivity contribution in [2.75, 3.05) is 0 Å². The highest BCUT2D eigenvalue weighted by atomic mass is 35.5. The van der Waals surface area contributed by atoms with Crippen LogP contribution in [0.5, 0.6) is 0 Å². The smallest absolute Gasteiger partial charge is 0.358 e. The van der Waals surface area contributed by atoms with Gasteiger partial charge in [0, 0.05) is 5.02 Å². The first kappa shape index (κ1) is 13.5. The van der Waals surface area contributed by atoms with Gasteiger partial charge in [-0.15, -0.1) is 5.10 Å². The first-order chi connectivity index (χ1) is 8.90. The van der Waals surface area contributed by atoms with Crippen LogP contribution in [0.25, 0.3) is 5.69 Å². The van der Waals surface area contributed by atoms with Crippen LogP contribution in [0.3, 0.4) is 0 Å². The zero-order chi connectivity index (χ0) is 14.2. The highest BCUT2D eigenvalue weighted by molar-refractivity contribution is 6.30. The Labute approximate surface area is 113 Å². The van der Waals surface area contributed by atoms with E-state index >= 15 is 0 Å². The third-order valence-electron chi connectivity index (χ3n) is 2.55. The Bertz CT molecular complexity index is 620. The van der Waals surface area contributed by atoms with Gasteiger partial charge in [0.1, 0.15) is 5.82 Å². The number of nitrogens with zero attached hydrogens (tertiary/aromatic N) is 3. The van der Waals surface area contributed by atoms with Gasteiger partial charge in [-0.1, -0.05) is 30.7 Å². The lowest BCUT2D eigenvalue weighted by Crippen LogP contribution is -2.08. The van der Waals surface area contributed by atoms with Crippen LogP contribution in [0.15, 0.2) is 18.2 Å². The summed E-state index contributed by atoms with van der Waals surface area (Å²) in [6.45, 7) is 3.62. The molecular weight excluding hydrogens is 273 g/mol. The van der Waals surface area contributed by atoms with E-state index in [4.69, 9.17) is 16.7 Å². The molecule has 0 saturated heterocycles. The second-order valence-electron chi connectivity index (χ2n) is 4.32. The number of hydrogen-bond acceptors (Lipinski definition) is 3. The Morgan fingerprint density at radius 2 is 2.11 bits per heavy atom. The fraction of sp³-hybridized carbons (Fsp3) is 0.250. The zero-order valence-corrected chi connectivity index (χ0v) is 11.0. The lowest BCUT2D eigenvalue weighted by Gasteiger charge is -2.10. The molecule has 0 bridgehead atoms. The fourth-order valence-corrected chi connectivity index (χ4v) is 2.03. The molecule has 0 saturated carbocycles. The van der Waals surface area contributed by atoms with Gasteiger partial charge in [-0.3, -0.25) is 0 Å². The zero-order valence-electron chi connectivity index (χ0n) is 10.3. The van der Waals surface area contributed by atoms with Gasteiger partial charge in [0.05, 0.1) is 11.4 Å². The molecule has 0 atom stereocenters. The molecule has 0 spiro atoms. The minimum Gasteiger partial charge on any atom is -0.476 e. The lowest BCUT2D eigenvalue weighted by atomic mass is 10.1. The topological polar surface area (TPSA) is 68.0 Å². The van der Waals surface area contributed by atoms with Crippen molar-refractivity contribution in [3.63, 3.8) is 0 Å². The first-order valence-electron chi connectivity index (χ1n) is 5.55. The number of aromatic nitrogens is 3. The van der Waals surface area contributed by atoms with E-state index < -0.39 is 11.8 Å². The molecule has 1 heterocycles. The predicted octanol–water partition coefficient (Wildman–Crippen LogP) is 2.88. The minimum atomic E-state index is -1.17. The van der Waals surface area contributed by atoms with E-state index in [1.807, 2.05) is 13.8 Å². The largest absolute Gasteiger partial charge is 0.476 e. The van der Waals surface area contributed by atoms with E-state index in [0.29, 0.717) is 11.4 Å². The molecule has 1 aromatic carbocycles. The molecule has 0 aliphatic carbocycles. The highest BCUT2D eigenvalue weighted by Gasteiger charge is 2.22. The third-order valence-corrected chi connectivity index (χ3v) is 2.76. The van der Waals surface area contributed by atoms with E-state index in [0.717, 1.165) is 6.07 Å². The molecule has 0 amide bonds. The van der Waals surface area contributed by atoms with E-state index in [9.17, 15) is 9.18 Å². The van der Waals surface area contributed by atoms with E-state index in [1.54, 1.807) is 0 Å². The van der Waals surface area contributed by atoms with Crippen molar-refractivity contribution in [1.29, 1.82) is 0 Å². The van der Waals surface area contributed by atoms with E-state index in [-0.39, 0.29) is 16.6 Å². The number of carboxylic acids is 1. The normalized spacial score (nSPS) is 11.0. The number of carboxylic acid groups (broad SMARTS) is 1. The number of hydrogen-bond donors (Lipinski definition) is 1. The van der Waals surface area contributed by atoms with Crippen LogP contribution in [-0.2, 0) is 0 Å². The Kier molecular flexibility index (Phi) is 3.53. The average molecular weight is 284 g/mol. The Balaban J connectivity index is 2.65. The van der Waals surface area contributed by atoms with Crippen LogP contribution >= 0.6 is 11.6 Å². The van der Waals surface area contributed by atoms with Crippen LogP contribution in [0, 0.1) is 5.82 Å². The number of carbonyl (C=O) groups is 1. The summed E-state index contributed by atoms with van der Waals surface area (Å²) in [4.78, 5) is 11.1. The molecule has 5 nitrogen and oxygen atoms in total. The van der Waals surface area contributed by atoms with Crippen molar-refractivity contribution in [3.05, 3.63) is 40.4 Å². The molecule has 0 unspecified atom stereocenters. The summed E-state index contributed by atoms with van der Waals surface area (Å²) in [5.41, 5.74) is 0.596. The quantitative estimate of drug-likeness (QED) is 0.940. The molecule has 1 N–H and O–H groups in total. The summed E-state index contributed by atoms with van der Waals surface area (Å²) in [6.07, 6.45) is 0. The van der Waals surface area contributed by atoms with Crippen molar-refractivity contribution < 1.29 is 14.3 Å². The van der Waals surface area contributed by atoms with Gasteiger partial charge in [0.2, 0.25) is 0 Å². The number of rotatable bonds is 3. The monoisotopic (exact) mass is 283 g/mol. The molecule has 19 heavy (non-hydrogen) atoms.